The average molecular weight is 305 g/mol. The van der Waals surface area contributed by atoms with E-state index < -0.39 is 0 Å². The van der Waals surface area contributed by atoms with Crippen LogP contribution in [0.2, 0.25) is 0 Å². The lowest BCUT2D eigenvalue weighted by atomic mass is 10.1. The highest BCUT2D eigenvalue weighted by atomic mass is 16.2. The molecule has 0 radical (unpaired) electrons. The Bertz CT molecular complexity index is 584. The summed E-state index contributed by atoms with van der Waals surface area (Å²) in [6, 6.07) is 3.64. The molecule has 1 aliphatic heterocycles. The van der Waals surface area contributed by atoms with E-state index in [4.69, 9.17) is 0 Å². The van der Waals surface area contributed by atoms with Crippen LogP contribution in [0.15, 0.2) is 16.9 Å². The summed E-state index contributed by atoms with van der Waals surface area (Å²) < 4.78 is 1.78. The highest BCUT2D eigenvalue weighted by Crippen LogP contribution is 2.15. The van der Waals surface area contributed by atoms with Crippen LogP contribution >= 0.6 is 0 Å². The summed E-state index contributed by atoms with van der Waals surface area (Å²) in [5, 5.41) is 3.22. The van der Waals surface area contributed by atoms with Gasteiger partial charge in [-0.2, -0.15) is 0 Å². The number of nitrogens with zero attached hydrogens (tertiary/aromatic N) is 2. The first kappa shape index (κ1) is 16.7. The summed E-state index contributed by atoms with van der Waals surface area (Å²) in [6.07, 6.45) is 0. The first-order chi connectivity index (χ1) is 10.4. The van der Waals surface area contributed by atoms with E-state index >= 15 is 0 Å². The molecule has 0 spiro atoms. The molecular formula is C17H27N3O2. The molecule has 1 amide bonds. The first-order valence-electron chi connectivity index (χ1n) is 8.15. The second-order valence-corrected chi connectivity index (χ2v) is 6.68. The number of piperazine rings is 1. The van der Waals surface area contributed by atoms with Gasteiger partial charge in [-0.3, -0.25) is 9.59 Å². The van der Waals surface area contributed by atoms with Gasteiger partial charge in [0.05, 0.1) is 0 Å². The molecule has 0 aromatic carbocycles. The summed E-state index contributed by atoms with van der Waals surface area (Å²) in [7, 11) is 0. The smallest absolute Gasteiger partial charge is 0.263 e. The van der Waals surface area contributed by atoms with Gasteiger partial charge in [-0.1, -0.05) is 27.7 Å². The number of carbonyl (C=O) groups excluding carboxylic acids is 1. The van der Waals surface area contributed by atoms with Crippen LogP contribution in [0.4, 0.5) is 0 Å². The first-order valence-corrected chi connectivity index (χ1v) is 8.15. The second kappa shape index (κ2) is 7.09. The van der Waals surface area contributed by atoms with Crippen LogP contribution in [0.5, 0.6) is 0 Å². The van der Waals surface area contributed by atoms with Gasteiger partial charge in [0.15, 0.2) is 0 Å². The molecule has 1 aliphatic rings. The zero-order valence-electron chi connectivity index (χ0n) is 14.1. The number of nitrogens with one attached hydrogen (secondary N) is 1. The van der Waals surface area contributed by atoms with Gasteiger partial charge in [0.1, 0.15) is 5.56 Å². The molecule has 1 N–H and O–H groups in total. The molecule has 1 saturated heterocycles. The minimum absolute atomic E-state index is 0.140. The summed E-state index contributed by atoms with van der Waals surface area (Å²) in [6.45, 7) is 11.9. The molecule has 1 aromatic rings. The van der Waals surface area contributed by atoms with Crippen molar-refractivity contribution in [3.05, 3.63) is 33.7 Å². The molecule has 5 nitrogen and oxygen atoms in total. The minimum Gasteiger partial charge on any atom is -0.336 e. The largest absolute Gasteiger partial charge is 0.336 e. The molecule has 1 aromatic heterocycles. The summed E-state index contributed by atoms with van der Waals surface area (Å²) >= 11 is 0. The third-order valence-corrected chi connectivity index (χ3v) is 3.98. The maximum absolute atomic E-state index is 12.8. The minimum atomic E-state index is -0.150. The van der Waals surface area contributed by atoms with E-state index in [2.05, 4.69) is 33.0 Å². The van der Waals surface area contributed by atoms with Gasteiger partial charge in [-0.15, -0.1) is 0 Å². The van der Waals surface area contributed by atoms with Crippen LogP contribution in [0.25, 0.3) is 0 Å². The van der Waals surface area contributed by atoms with Crippen LogP contribution < -0.4 is 10.9 Å². The van der Waals surface area contributed by atoms with Crippen molar-refractivity contribution in [2.75, 3.05) is 26.2 Å². The highest BCUT2D eigenvalue weighted by Gasteiger charge is 2.22. The topological polar surface area (TPSA) is 54.3 Å². The van der Waals surface area contributed by atoms with Crippen molar-refractivity contribution in [3.63, 3.8) is 0 Å². The SMILES string of the molecule is CC(C)Cn1c(C(C)C)ccc(C(=O)N2CCNCC2)c1=O. The number of carbonyl (C=O) groups is 1. The summed E-state index contributed by atoms with van der Waals surface area (Å²) in [4.78, 5) is 27.2. The van der Waals surface area contributed by atoms with Crippen LogP contribution in [0.3, 0.4) is 0 Å². The van der Waals surface area contributed by atoms with Crippen LogP contribution in [-0.2, 0) is 6.54 Å². The zero-order chi connectivity index (χ0) is 16.3. The average Bonchev–Trinajstić information content (AvgIpc) is 2.48. The van der Waals surface area contributed by atoms with Crippen molar-refractivity contribution < 1.29 is 4.79 Å². The van der Waals surface area contributed by atoms with Crippen molar-refractivity contribution in [2.45, 2.75) is 40.2 Å². The Morgan fingerprint density at radius 3 is 2.36 bits per heavy atom. The van der Waals surface area contributed by atoms with E-state index in [0.29, 0.717) is 31.1 Å². The molecule has 0 unspecified atom stereocenters. The van der Waals surface area contributed by atoms with Gasteiger partial charge in [0, 0.05) is 38.4 Å². The van der Waals surface area contributed by atoms with Crippen LogP contribution in [-0.4, -0.2) is 41.6 Å². The van der Waals surface area contributed by atoms with Gasteiger partial charge >= 0.3 is 0 Å². The van der Waals surface area contributed by atoms with E-state index in [9.17, 15) is 9.59 Å². The van der Waals surface area contributed by atoms with Crippen molar-refractivity contribution in [2.24, 2.45) is 5.92 Å². The second-order valence-electron chi connectivity index (χ2n) is 6.68. The van der Waals surface area contributed by atoms with Gasteiger partial charge in [0.25, 0.3) is 11.5 Å². The monoisotopic (exact) mass is 305 g/mol. The number of rotatable bonds is 4. The quantitative estimate of drug-likeness (QED) is 0.921. The number of amides is 1. The Morgan fingerprint density at radius 1 is 1.18 bits per heavy atom. The van der Waals surface area contributed by atoms with E-state index in [0.717, 1.165) is 18.8 Å². The number of pyridine rings is 1. The lowest BCUT2D eigenvalue weighted by Gasteiger charge is -2.28. The fraction of sp³-hybridized carbons (Fsp3) is 0.647. The van der Waals surface area contributed by atoms with Crippen molar-refractivity contribution in [1.29, 1.82) is 0 Å². The van der Waals surface area contributed by atoms with Gasteiger partial charge in [0.2, 0.25) is 0 Å². The lowest BCUT2D eigenvalue weighted by Crippen LogP contribution is -2.48. The molecule has 1 fully saturated rings. The number of hydrogen-bond donors (Lipinski definition) is 1. The van der Waals surface area contributed by atoms with E-state index in [-0.39, 0.29) is 17.4 Å². The van der Waals surface area contributed by atoms with Crippen LogP contribution in [0.1, 0.15) is 49.7 Å². The molecule has 0 atom stereocenters. The zero-order valence-corrected chi connectivity index (χ0v) is 14.1. The van der Waals surface area contributed by atoms with Gasteiger partial charge in [-0.05, 0) is 24.0 Å². The molecular weight excluding hydrogens is 278 g/mol. The maximum atomic E-state index is 12.8. The van der Waals surface area contributed by atoms with Crippen molar-refractivity contribution in [1.82, 2.24) is 14.8 Å². The van der Waals surface area contributed by atoms with Crippen molar-refractivity contribution in [3.8, 4) is 0 Å². The third kappa shape index (κ3) is 3.58. The fourth-order valence-electron chi connectivity index (χ4n) is 2.85. The maximum Gasteiger partial charge on any atom is 0.263 e. The predicted molar refractivity (Wildman–Crippen MR) is 88.4 cm³/mol. The summed E-state index contributed by atoms with van der Waals surface area (Å²) in [5.41, 5.74) is 1.14. The van der Waals surface area contributed by atoms with Crippen molar-refractivity contribution >= 4 is 5.91 Å². The molecule has 0 bridgehead atoms. The van der Waals surface area contributed by atoms with E-state index in [1.165, 1.54) is 0 Å². The van der Waals surface area contributed by atoms with E-state index in [1.54, 1.807) is 15.5 Å². The molecule has 0 aliphatic carbocycles. The van der Waals surface area contributed by atoms with Crippen LogP contribution in [0, 0.1) is 5.92 Å². The Labute approximate surface area is 132 Å². The molecule has 2 heterocycles. The highest BCUT2D eigenvalue weighted by molar-refractivity contribution is 5.94. The molecule has 5 heteroatoms. The molecule has 22 heavy (non-hydrogen) atoms. The Morgan fingerprint density at radius 2 is 1.82 bits per heavy atom. The lowest BCUT2D eigenvalue weighted by molar-refractivity contribution is 0.0733. The van der Waals surface area contributed by atoms with Gasteiger partial charge < -0.3 is 14.8 Å². The normalized spacial score (nSPS) is 15.6. The number of aromatic nitrogens is 1. The summed E-state index contributed by atoms with van der Waals surface area (Å²) in [5.74, 6) is 0.480. The third-order valence-electron chi connectivity index (χ3n) is 3.98. The van der Waals surface area contributed by atoms with Gasteiger partial charge in [-0.25, -0.2) is 0 Å². The fourth-order valence-corrected chi connectivity index (χ4v) is 2.85. The Balaban J connectivity index is 2.40. The number of hydrogen-bond acceptors (Lipinski definition) is 3. The van der Waals surface area contributed by atoms with E-state index in [1.807, 2.05) is 6.07 Å². The standard InChI is InChI=1S/C17H27N3O2/c1-12(2)11-20-15(13(3)4)6-5-14(17(20)22)16(21)19-9-7-18-8-10-19/h5-6,12-13,18H,7-11H2,1-4H3. The Kier molecular flexibility index (Phi) is 5.40. The molecule has 2 rings (SSSR count). The molecule has 122 valence electrons. The predicted octanol–water partition coefficient (Wildman–Crippen LogP) is 1.67. The Hall–Kier alpha value is -1.62. The molecule has 0 saturated carbocycles.